The minimum atomic E-state index is -1.56. The minimum absolute atomic E-state index is 0.00424. The van der Waals surface area contributed by atoms with Crippen molar-refractivity contribution < 1.29 is 29.3 Å². The van der Waals surface area contributed by atoms with Crippen molar-refractivity contribution in [2.45, 2.75) is 45.1 Å². The largest absolute Gasteiger partial charge is 0.481 e. The van der Waals surface area contributed by atoms with E-state index in [1.807, 2.05) is 60.7 Å². The zero-order chi connectivity index (χ0) is 26.8. The molecule has 8 nitrogen and oxygen atoms in total. The lowest BCUT2D eigenvalue weighted by Crippen LogP contribution is -2.50. The zero-order valence-electron chi connectivity index (χ0n) is 20.9. The molecular weight excluding hydrogens is 472 g/mol. The third-order valence-electron chi connectivity index (χ3n) is 5.85. The van der Waals surface area contributed by atoms with Crippen LogP contribution in [0.25, 0.3) is 11.1 Å². The minimum Gasteiger partial charge on any atom is -0.481 e. The maximum Gasteiger partial charge on any atom is 0.337 e. The van der Waals surface area contributed by atoms with E-state index >= 15 is 0 Å². The first-order valence-corrected chi connectivity index (χ1v) is 12.1. The van der Waals surface area contributed by atoms with Crippen molar-refractivity contribution in [3.8, 4) is 11.1 Å². The van der Waals surface area contributed by atoms with Gasteiger partial charge in [-0.05, 0) is 36.1 Å². The average molecular weight is 505 g/mol. The predicted molar refractivity (Wildman–Crippen MR) is 139 cm³/mol. The van der Waals surface area contributed by atoms with Crippen LogP contribution in [0.15, 0.2) is 84.9 Å². The number of nitrogens with one attached hydrogen (secondary N) is 1. The van der Waals surface area contributed by atoms with Gasteiger partial charge in [-0.15, -0.1) is 0 Å². The molecule has 3 N–H and O–H groups in total. The Hall–Kier alpha value is -4.17. The number of carboxylic acid groups (broad SMARTS) is 1. The first kappa shape index (κ1) is 27.4. The van der Waals surface area contributed by atoms with E-state index in [1.54, 1.807) is 38.1 Å². The topological polar surface area (TPSA) is 116 Å². The van der Waals surface area contributed by atoms with Crippen LogP contribution in [-0.4, -0.2) is 51.8 Å². The van der Waals surface area contributed by atoms with E-state index in [4.69, 9.17) is 4.74 Å². The Balaban J connectivity index is 1.67. The fourth-order valence-corrected chi connectivity index (χ4v) is 3.81. The molecule has 8 heteroatoms. The molecule has 37 heavy (non-hydrogen) atoms. The number of hydrogen-bond donors (Lipinski definition) is 3. The molecule has 0 radical (unpaired) electrons. The average Bonchev–Trinajstić information content (AvgIpc) is 2.90. The normalized spacial score (nSPS) is 12.4. The highest BCUT2D eigenvalue weighted by molar-refractivity contribution is 5.79. The van der Waals surface area contributed by atoms with E-state index in [0.29, 0.717) is 5.56 Å². The van der Waals surface area contributed by atoms with Crippen molar-refractivity contribution in [2.75, 3.05) is 6.54 Å². The van der Waals surface area contributed by atoms with Crippen LogP contribution in [0.5, 0.6) is 0 Å². The second-order valence-corrected chi connectivity index (χ2v) is 8.94. The van der Waals surface area contributed by atoms with Gasteiger partial charge in [0.15, 0.2) is 6.10 Å². The maximum atomic E-state index is 13.1. The van der Waals surface area contributed by atoms with Gasteiger partial charge in [0.05, 0.1) is 19.0 Å². The molecule has 0 heterocycles. The second kappa shape index (κ2) is 13.2. The number of aliphatic hydroxyl groups excluding tert-OH is 1. The Morgan fingerprint density at radius 1 is 0.865 bits per heavy atom. The van der Waals surface area contributed by atoms with Crippen molar-refractivity contribution >= 4 is 18.0 Å². The summed E-state index contributed by atoms with van der Waals surface area (Å²) in [4.78, 5) is 38.3. The number of hydrogen-bond acceptors (Lipinski definition) is 5. The zero-order valence-corrected chi connectivity index (χ0v) is 20.9. The van der Waals surface area contributed by atoms with Gasteiger partial charge in [-0.25, -0.2) is 9.59 Å². The van der Waals surface area contributed by atoms with Crippen LogP contribution in [0.1, 0.15) is 37.4 Å². The van der Waals surface area contributed by atoms with Gasteiger partial charge in [0.1, 0.15) is 6.61 Å². The van der Waals surface area contributed by atoms with Crippen molar-refractivity contribution in [1.29, 1.82) is 0 Å². The van der Waals surface area contributed by atoms with Crippen molar-refractivity contribution in [2.24, 2.45) is 0 Å². The number of carboxylic acids is 1. The number of carbonyl (C=O) groups is 3. The van der Waals surface area contributed by atoms with Crippen LogP contribution >= 0.6 is 0 Å². The lowest BCUT2D eigenvalue weighted by Gasteiger charge is -2.30. The Bertz CT molecular complexity index is 1170. The number of ether oxygens (including phenoxy) is 1. The molecule has 0 fully saturated rings. The van der Waals surface area contributed by atoms with E-state index < -0.39 is 30.1 Å². The first-order chi connectivity index (χ1) is 17.7. The summed E-state index contributed by atoms with van der Waals surface area (Å²) in [6, 6.07) is 24.3. The van der Waals surface area contributed by atoms with E-state index in [1.165, 1.54) is 4.90 Å². The van der Waals surface area contributed by atoms with Crippen LogP contribution < -0.4 is 5.32 Å². The highest BCUT2D eigenvalue weighted by Gasteiger charge is 2.28. The number of carbonyl (C=O) groups excluding carboxylic acids is 2. The quantitative estimate of drug-likeness (QED) is 0.334. The van der Waals surface area contributed by atoms with Gasteiger partial charge in [-0.1, -0.05) is 84.9 Å². The molecule has 2 unspecified atom stereocenters. The molecule has 0 aromatic heterocycles. The lowest BCUT2D eigenvalue weighted by molar-refractivity contribution is -0.155. The van der Waals surface area contributed by atoms with Crippen molar-refractivity contribution in [3.05, 3.63) is 96.1 Å². The summed E-state index contributed by atoms with van der Waals surface area (Å²) in [6.45, 7) is 3.18. The summed E-state index contributed by atoms with van der Waals surface area (Å²) in [7, 11) is 0. The van der Waals surface area contributed by atoms with E-state index in [2.05, 4.69) is 5.32 Å². The second-order valence-electron chi connectivity index (χ2n) is 8.94. The lowest BCUT2D eigenvalue weighted by atomic mass is 9.99. The van der Waals surface area contributed by atoms with Crippen LogP contribution in [0, 0.1) is 0 Å². The van der Waals surface area contributed by atoms with Crippen LogP contribution in [0.3, 0.4) is 0 Å². The Morgan fingerprint density at radius 3 is 2.00 bits per heavy atom. The molecule has 0 bridgehead atoms. The Kier molecular flexibility index (Phi) is 9.80. The summed E-state index contributed by atoms with van der Waals surface area (Å²) >= 11 is 0. The van der Waals surface area contributed by atoms with Crippen LogP contribution in [0.4, 0.5) is 4.79 Å². The number of rotatable bonds is 11. The van der Waals surface area contributed by atoms with E-state index in [-0.39, 0.29) is 25.6 Å². The molecule has 0 aliphatic carbocycles. The van der Waals surface area contributed by atoms with Gasteiger partial charge >= 0.3 is 18.0 Å². The van der Waals surface area contributed by atoms with Crippen LogP contribution in [0.2, 0.25) is 0 Å². The molecule has 0 spiro atoms. The van der Waals surface area contributed by atoms with Crippen molar-refractivity contribution in [1.82, 2.24) is 10.2 Å². The molecule has 0 saturated carbocycles. The SMILES string of the molecule is CC(C)N(CC(O)C(=O)OCc1ccccc1)C(=O)NC(CC(=O)O)c1ccc(-c2ccccc2)cc1. The van der Waals surface area contributed by atoms with Crippen molar-refractivity contribution in [3.63, 3.8) is 0 Å². The third-order valence-corrected chi connectivity index (χ3v) is 5.85. The maximum absolute atomic E-state index is 13.1. The number of esters is 1. The summed E-state index contributed by atoms with van der Waals surface area (Å²) in [6.07, 6.45) is -1.88. The highest BCUT2D eigenvalue weighted by atomic mass is 16.5. The first-order valence-electron chi connectivity index (χ1n) is 12.1. The molecular formula is C29H32N2O6. The fraction of sp³-hybridized carbons (Fsp3) is 0.276. The molecule has 3 aromatic rings. The number of benzene rings is 3. The van der Waals surface area contributed by atoms with E-state index in [0.717, 1.165) is 16.7 Å². The van der Waals surface area contributed by atoms with Gasteiger partial charge in [-0.3, -0.25) is 4.79 Å². The number of aliphatic hydroxyl groups is 1. The highest BCUT2D eigenvalue weighted by Crippen LogP contribution is 2.24. The number of amides is 2. The molecule has 0 aliphatic rings. The summed E-state index contributed by atoms with van der Waals surface area (Å²) in [5.41, 5.74) is 3.39. The summed E-state index contributed by atoms with van der Waals surface area (Å²) in [5, 5.41) is 22.6. The molecule has 2 amide bonds. The summed E-state index contributed by atoms with van der Waals surface area (Å²) in [5.74, 6) is -1.92. The molecule has 0 aliphatic heterocycles. The van der Waals surface area contributed by atoms with Gasteiger partial charge in [-0.2, -0.15) is 0 Å². The monoisotopic (exact) mass is 504 g/mol. The molecule has 194 valence electrons. The van der Waals surface area contributed by atoms with Crippen LogP contribution in [-0.2, 0) is 20.9 Å². The van der Waals surface area contributed by atoms with Gasteiger partial charge in [0.25, 0.3) is 0 Å². The fourth-order valence-electron chi connectivity index (χ4n) is 3.81. The molecule has 3 rings (SSSR count). The van der Waals surface area contributed by atoms with Gasteiger partial charge < -0.3 is 25.2 Å². The Morgan fingerprint density at radius 2 is 1.43 bits per heavy atom. The van der Waals surface area contributed by atoms with Gasteiger partial charge in [0, 0.05) is 6.04 Å². The number of nitrogens with zero attached hydrogens (tertiary/aromatic N) is 1. The van der Waals surface area contributed by atoms with E-state index in [9.17, 15) is 24.6 Å². The predicted octanol–water partition coefficient (Wildman–Crippen LogP) is 4.39. The molecule has 3 aromatic carbocycles. The molecule has 2 atom stereocenters. The standard InChI is InChI=1S/C29H32N2O6/c1-20(2)31(18-26(32)28(35)37-19-21-9-5-3-6-10-21)29(36)30-25(17-27(33)34)24-15-13-23(14-16-24)22-11-7-4-8-12-22/h3-16,20,25-26,32H,17-19H2,1-2H3,(H,30,36)(H,33,34). The Labute approximate surface area is 216 Å². The summed E-state index contributed by atoms with van der Waals surface area (Å²) < 4.78 is 5.18. The van der Waals surface area contributed by atoms with Gasteiger partial charge in [0.2, 0.25) is 0 Å². The third kappa shape index (κ3) is 8.18. The molecule has 0 saturated heterocycles. The number of aliphatic carboxylic acids is 1. The number of urea groups is 1. The smallest absolute Gasteiger partial charge is 0.337 e.